The number of anilines is 2. The molecule has 0 radical (unpaired) electrons. The van der Waals surface area contributed by atoms with Gasteiger partial charge in [0, 0.05) is 36.5 Å². The van der Waals surface area contributed by atoms with Crippen molar-refractivity contribution in [2.45, 2.75) is 25.3 Å². The number of fused-ring (bicyclic) bond motifs is 1. The Morgan fingerprint density at radius 3 is 2.70 bits per heavy atom. The lowest BCUT2D eigenvalue weighted by Gasteiger charge is -2.42. The summed E-state index contributed by atoms with van der Waals surface area (Å²) in [6, 6.07) is 11.6. The minimum Gasteiger partial charge on any atom is -0.383 e. The topological polar surface area (TPSA) is 96.8 Å². The molecule has 1 aromatic carbocycles. The third-order valence-electron chi connectivity index (χ3n) is 6.77. The van der Waals surface area contributed by atoms with E-state index in [1.54, 1.807) is 12.3 Å². The minimum absolute atomic E-state index is 0.0262. The van der Waals surface area contributed by atoms with Crippen LogP contribution in [0.1, 0.15) is 41.3 Å². The van der Waals surface area contributed by atoms with Gasteiger partial charge >= 0.3 is 0 Å². The summed E-state index contributed by atoms with van der Waals surface area (Å²) < 4.78 is 15.0. The van der Waals surface area contributed by atoms with Crippen molar-refractivity contribution in [2.24, 2.45) is 11.1 Å². The molecule has 0 saturated carbocycles. The van der Waals surface area contributed by atoms with E-state index in [9.17, 15) is 0 Å². The van der Waals surface area contributed by atoms with Crippen LogP contribution in [-0.4, -0.2) is 28.3 Å². The number of benzene rings is 1. The van der Waals surface area contributed by atoms with Gasteiger partial charge in [-0.1, -0.05) is 30.8 Å². The van der Waals surface area contributed by atoms with Crippen molar-refractivity contribution in [1.29, 1.82) is 0 Å². The first kappa shape index (κ1) is 18.8. The second-order valence-corrected chi connectivity index (χ2v) is 8.37. The molecule has 154 valence electrons. The molecule has 2 aromatic heterocycles. The Morgan fingerprint density at radius 1 is 1.23 bits per heavy atom. The van der Waals surface area contributed by atoms with Gasteiger partial charge in [-0.25, -0.2) is 9.37 Å². The van der Waals surface area contributed by atoms with Crippen LogP contribution in [0.15, 0.2) is 49.2 Å². The molecule has 0 bridgehead atoms. The number of H-pyrrole nitrogens is 1. The molecule has 2 aliphatic rings. The minimum atomic E-state index is -0.397. The first-order valence-corrected chi connectivity index (χ1v) is 10.2. The number of rotatable bonds is 3. The first-order chi connectivity index (χ1) is 14.5. The molecule has 1 atom stereocenters. The van der Waals surface area contributed by atoms with E-state index in [0.29, 0.717) is 35.7 Å². The summed E-state index contributed by atoms with van der Waals surface area (Å²) >= 11 is 0. The standard InChI is InChI=1S/C23H25FN6/c1-14(19-6-9-27-29-19)17-12-18(24)22(28-21(17)26)30-10-7-23(8-11-30)13-15-4-2-3-5-16(15)20(23)25/h2-6,9,12,20H,1,7-8,10-11,13,25H2,(H2,26,28)(H,27,29)/t20-/m1/s1. The van der Waals surface area contributed by atoms with E-state index in [2.05, 4.69) is 40.0 Å². The van der Waals surface area contributed by atoms with Gasteiger partial charge in [0.2, 0.25) is 0 Å². The SMILES string of the molecule is C=C(c1cc[nH]n1)c1cc(F)c(N2CCC3(CC2)Cc2ccccc2[C@H]3N)nc1N. The van der Waals surface area contributed by atoms with Crippen LogP contribution >= 0.6 is 0 Å². The van der Waals surface area contributed by atoms with Crippen LogP contribution in [0.4, 0.5) is 16.0 Å². The number of hydrogen-bond acceptors (Lipinski definition) is 5. The summed E-state index contributed by atoms with van der Waals surface area (Å²) in [7, 11) is 0. The van der Waals surface area contributed by atoms with Crippen molar-refractivity contribution in [3.63, 3.8) is 0 Å². The molecule has 5 N–H and O–H groups in total. The van der Waals surface area contributed by atoms with Crippen LogP contribution in [0.2, 0.25) is 0 Å². The molecular weight excluding hydrogens is 379 g/mol. The van der Waals surface area contributed by atoms with Gasteiger partial charge < -0.3 is 16.4 Å². The number of nitrogens with two attached hydrogens (primary N) is 2. The number of pyridine rings is 1. The first-order valence-electron chi connectivity index (χ1n) is 10.2. The molecular formula is C23H25FN6. The van der Waals surface area contributed by atoms with Gasteiger partial charge in [0.05, 0.1) is 5.69 Å². The van der Waals surface area contributed by atoms with Crippen LogP contribution in [0.5, 0.6) is 0 Å². The number of aromatic nitrogens is 3. The highest BCUT2D eigenvalue weighted by molar-refractivity contribution is 5.82. The monoisotopic (exact) mass is 404 g/mol. The Labute approximate surface area is 174 Å². The highest BCUT2D eigenvalue weighted by Gasteiger charge is 2.46. The van der Waals surface area contributed by atoms with Gasteiger partial charge in [-0.3, -0.25) is 5.10 Å². The second-order valence-electron chi connectivity index (χ2n) is 8.37. The van der Waals surface area contributed by atoms with Crippen molar-refractivity contribution in [1.82, 2.24) is 15.2 Å². The van der Waals surface area contributed by atoms with Gasteiger partial charge in [0.15, 0.2) is 11.6 Å². The van der Waals surface area contributed by atoms with Crippen molar-refractivity contribution >= 4 is 17.2 Å². The Balaban J connectivity index is 1.36. The normalized spacial score (nSPS) is 19.8. The van der Waals surface area contributed by atoms with Crippen molar-refractivity contribution in [2.75, 3.05) is 23.7 Å². The highest BCUT2D eigenvalue weighted by atomic mass is 19.1. The van der Waals surface area contributed by atoms with Crippen LogP contribution in [-0.2, 0) is 6.42 Å². The molecule has 1 aliphatic carbocycles. The highest BCUT2D eigenvalue weighted by Crippen LogP contribution is 2.51. The fourth-order valence-corrected chi connectivity index (χ4v) is 4.99. The molecule has 6 nitrogen and oxygen atoms in total. The smallest absolute Gasteiger partial charge is 0.167 e. The van der Waals surface area contributed by atoms with E-state index in [0.717, 1.165) is 19.3 Å². The molecule has 1 aliphatic heterocycles. The van der Waals surface area contributed by atoms with Gasteiger partial charge in [-0.15, -0.1) is 0 Å². The van der Waals surface area contributed by atoms with Crippen molar-refractivity contribution in [3.05, 3.63) is 77.4 Å². The fraction of sp³-hybridized carbons (Fsp3) is 0.304. The van der Waals surface area contributed by atoms with Crippen LogP contribution < -0.4 is 16.4 Å². The Morgan fingerprint density at radius 2 is 2.00 bits per heavy atom. The number of piperidine rings is 1. The Hall–Kier alpha value is -3.19. The molecule has 1 fully saturated rings. The lowest BCUT2D eigenvalue weighted by atomic mass is 9.73. The number of halogens is 1. The third-order valence-corrected chi connectivity index (χ3v) is 6.77. The predicted molar refractivity (Wildman–Crippen MR) is 116 cm³/mol. The summed E-state index contributed by atoms with van der Waals surface area (Å²) in [6.07, 6.45) is 4.46. The second kappa shape index (κ2) is 6.95. The zero-order valence-electron chi connectivity index (χ0n) is 16.7. The largest absolute Gasteiger partial charge is 0.383 e. The van der Waals surface area contributed by atoms with Crippen LogP contribution in [0, 0.1) is 11.2 Å². The average Bonchev–Trinajstić information content (AvgIpc) is 3.38. The lowest BCUT2D eigenvalue weighted by Crippen LogP contribution is -2.45. The van der Waals surface area contributed by atoms with Crippen LogP contribution in [0.25, 0.3) is 5.57 Å². The molecule has 0 amide bonds. The maximum Gasteiger partial charge on any atom is 0.167 e. The van der Waals surface area contributed by atoms with E-state index in [1.807, 2.05) is 11.0 Å². The number of aromatic amines is 1. The van der Waals surface area contributed by atoms with E-state index in [4.69, 9.17) is 11.5 Å². The number of nitrogens with one attached hydrogen (secondary N) is 1. The fourth-order valence-electron chi connectivity index (χ4n) is 4.99. The molecule has 1 saturated heterocycles. The lowest BCUT2D eigenvalue weighted by molar-refractivity contribution is 0.187. The molecule has 5 rings (SSSR count). The van der Waals surface area contributed by atoms with Gasteiger partial charge in [-0.05, 0) is 47.9 Å². The molecule has 30 heavy (non-hydrogen) atoms. The molecule has 3 aromatic rings. The van der Waals surface area contributed by atoms with Crippen LogP contribution in [0.3, 0.4) is 0 Å². The third kappa shape index (κ3) is 2.89. The Bertz CT molecular complexity index is 1100. The Kier molecular flexibility index (Phi) is 4.36. The number of nitrogen functional groups attached to an aromatic ring is 1. The van der Waals surface area contributed by atoms with E-state index < -0.39 is 5.82 Å². The van der Waals surface area contributed by atoms with Gasteiger partial charge in [-0.2, -0.15) is 5.10 Å². The van der Waals surface area contributed by atoms with Gasteiger partial charge in [0.25, 0.3) is 0 Å². The molecule has 0 unspecified atom stereocenters. The summed E-state index contributed by atoms with van der Waals surface area (Å²) in [6.45, 7) is 5.39. The molecule has 1 spiro atoms. The molecule has 7 heteroatoms. The predicted octanol–water partition coefficient (Wildman–Crippen LogP) is 3.43. The van der Waals surface area contributed by atoms with E-state index >= 15 is 4.39 Å². The molecule has 3 heterocycles. The zero-order valence-corrected chi connectivity index (χ0v) is 16.7. The maximum atomic E-state index is 15.0. The maximum absolute atomic E-state index is 15.0. The van der Waals surface area contributed by atoms with E-state index in [-0.39, 0.29) is 17.3 Å². The van der Waals surface area contributed by atoms with E-state index in [1.165, 1.54) is 17.2 Å². The van der Waals surface area contributed by atoms with Gasteiger partial charge in [0.1, 0.15) is 5.82 Å². The van der Waals surface area contributed by atoms with Crippen molar-refractivity contribution in [3.8, 4) is 0 Å². The zero-order chi connectivity index (χ0) is 20.9. The number of hydrogen-bond donors (Lipinski definition) is 3. The quantitative estimate of drug-likeness (QED) is 0.621. The summed E-state index contributed by atoms with van der Waals surface area (Å²) in [5.41, 5.74) is 17.1. The summed E-state index contributed by atoms with van der Waals surface area (Å²) in [5, 5.41) is 6.82. The number of nitrogens with zero attached hydrogens (tertiary/aromatic N) is 3. The summed E-state index contributed by atoms with van der Waals surface area (Å²) in [4.78, 5) is 6.38. The summed E-state index contributed by atoms with van der Waals surface area (Å²) in [5.74, 6) is 0.153. The average molecular weight is 404 g/mol. The van der Waals surface area contributed by atoms with Crippen molar-refractivity contribution < 1.29 is 4.39 Å².